The molecule has 0 heterocycles. The minimum atomic E-state index is -3.27. The predicted octanol–water partition coefficient (Wildman–Crippen LogP) is 3.29. The quantitative estimate of drug-likeness (QED) is 0.601. The van der Waals surface area contributed by atoms with Gasteiger partial charge in [0.25, 0.3) is 0 Å². The van der Waals surface area contributed by atoms with Crippen LogP contribution < -0.4 is 6.15 Å². The van der Waals surface area contributed by atoms with Gasteiger partial charge in [-0.15, -0.1) is 0 Å². The Kier molecular flexibility index (Phi) is 7.40. The van der Waals surface area contributed by atoms with Gasteiger partial charge in [0.15, 0.2) is 0 Å². The maximum Gasteiger partial charge on any atom is 0.474 e. The molecule has 1 rings (SSSR count). The third-order valence-corrected chi connectivity index (χ3v) is 3.98. The van der Waals surface area contributed by atoms with Crippen molar-refractivity contribution in [3.8, 4) is 0 Å². The molecular formula is C9H22NO4P. The van der Waals surface area contributed by atoms with Crippen LogP contribution in [0.4, 0.5) is 0 Å². The van der Waals surface area contributed by atoms with Crippen LogP contribution in [-0.2, 0) is 18.1 Å². The van der Waals surface area contributed by atoms with Gasteiger partial charge in [0.05, 0.1) is 6.10 Å². The topological polar surface area (TPSA) is 79.8 Å². The second kappa shape index (κ2) is 7.36. The normalized spacial score (nSPS) is 19.3. The van der Waals surface area contributed by atoms with E-state index in [0.717, 1.165) is 25.7 Å². The highest BCUT2D eigenvalue weighted by atomic mass is 31.2. The molecule has 1 saturated carbocycles. The highest BCUT2D eigenvalue weighted by molar-refractivity contribution is 7.48. The smallest absolute Gasteiger partial charge is 0.344 e. The molecule has 3 N–H and O–H groups in total. The van der Waals surface area contributed by atoms with Gasteiger partial charge < -0.3 is 6.15 Å². The van der Waals surface area contributed by atoms with Crippen molar-refractivity contribution in [2.24, 2.45) is 0 Å². The second-order valence-electron chi connectivity index (χ2n) is 3.53. The van der Waals surface area contributed by atoms with Gasteiger partial charge in [0, 0.05) is 14.2 Å². The van der Waals surface area contributed by atoms with Crippen LogP contribution in [-0.4, -0.2) is 20.3 Å². The number of rotatable bonds is 4. The van der Waals surface area contributed by atoms with E-state index in [4.69, 9.17) is 13.6 Å². The van der Waals surface area contributed by atoms with Crippen molar-refractivity contribution in [2.45, 2.75) is 44.6 Å². The number of phosphoric ester groups is 1. The van der Waals surface area contributed by atoms with Crippen LogP contribution >= 0.6 is 7.82 Å². The van der Waals surface area contributed by atoms with E-state index in [-0.39, 0.29) is 12.3 Å². The summed E-state index contributed by atoms with van der Waals surface area (Å²) in [6.07, 6.45) is 6.70. The van der Waals surface area contributed by atoms with Gasteiger partial charge in [0.1, 0.15) is 0 Å². The first-order valence-electron chi connectivity index (χ1n) is 5.10. The summed E-state index contributed by atoms with van der Waals surface area (Å²) in [6, 6.07) is 0. The molecule has 0 aromatic heterocycles. The van der Waals surface area contributed by atoms with Gasteiger partial charge in [-0.1, -0.05) is 25.7 Å². The summed E-state index contributed by atoms with van der Waals surface area (Å²) in [5.41, 5.74) is 0. The van der Waals surface area contributed by atoms with E-state index >= 15 is 0 Å². The summed E-state index contributed by atoms with van der Waals surface area (Å²) < 4.78 is 26.5. The highest BCUT2D eigenvalue weighted by Gasteiger charge is 2.28. The molecule has 0 spiro atoms. The van der Waals surface area contributed by atoms with Crippen LogP contribution in [0, 0.1) is 0 Å². The number of hydrogen-bond donors (Lipinski definition) is 1. The number of phosphoric acid groups is 1. The fourth-order valence-electron chi connectivity index (χ4n) is 1.69. The summed E-state index contributed by atoms with van der Waals surface area (Å²) in [7, 11) is -0.573. The Morgan fingerprint density at radius 2 is 1.47 bits per heavy atom. The largest absolute Gasteiger partial charge is 0.474 e. The maximum atomic E-state index is 11.7. The molecule has 15 heavy (non-hydrogen) atoms. The molecule has 0 aliphatic heterocycles. The minimum Gasteiger partial charge on any atom is -0.344 e. The van der Waals surface area contributed by atoms with Gasteiger partial charge in [-0.3, -0.25) is 13.6 Å². The Balaban J connectivity index is 0.00000196. The minimum absolute atomic E-state index is 0. The molecule has 0 aromatic carbocycles. The van der Waals surface area contributed by atoms with E-state index in [1.807, 2.05) is 0 Å². The van der Waals surface area contributed by atoms with Gasteiger partial charge in [-0.2, -0.15) is 0 Å². The molecule has 6 heteroatoms. The van der Waals surface area contributed by atoms with Crippen molar-refractivity contribution >= 4 is 7.82 Å². The molecule has 1 aliphatic rings. The second-order valence-corrected chi connectivity index (χ2v) is 5.37. The number of hydrogen-bond acceptors (Lipinski definition) is 5. The van der Waals surface area contributed by atoms with E-state index in [1.54, 1.807) is 0 Å². The van der Waals surface area contributed by atoms with Crippen molar-refractivity contribution in [3.05, 3.63) is 0 Å². The lowest BCUT2D eigenvalue weighted by atomic mass is 10.2. The molecule has 0 amide bonds. The van der Waals surface area contributed by atoms with Crippen LogP contribution in [0.5, 0.6) is 0 Å². The van der Waals surface area contributed by atoms with E-state index in [0.29, 0.717) is 0 Å². The molecule has 0 unspecified atom stereocenters. The van der Waals surface area contributed by atoms with Crippen molar-refractivity contribution < 1.29 is 18.1 Å². The lowest BCUT2D eigenvalue weighted by Crippen LogP contribution is -2.11. The van der Waals surface area contributed by atoms with Crippen molar-refractivity contribution in [1.82, 2.24) is 6.15 Å². The third-order valence-electron chi connectivity index (χ3n) is 2.53. The molecule has 1 fully saturated rings. The van der Waals surface area contributed by atoms with Crippen molar-refractivity contribution in [2.75, 3.05) is 14.2 Å². The van der Waals surface area contributed by atoms with Crippen LogP contribution in [0.2, 0.25) is 0 Å². The van der Waals surface area contributed by atoms with Crippen LogP contribution in [0.1, 0.15) is 38.5 Å². The van der Waals surface area contributed by atoms with Crippen molar-refractivity contribution in [1.29, 1.82) is 0 Å². The molecule has 92 valence electrons. The predicted molar refractivity (Wildman–Crippen MR) is 59.2 cm³/mol. The zero-order chi connectivity index (χ0) is 10.4. The SMILES string of the molecule is COP(=O)(OC)OC1CCCCCC1.N. The van der Waals surface area contributed by atoms with Crippen molar-refractivity contribution in [3.63, 3.8) is 0 Å². The molecule has 0 saturated heterocycles. The first-order valence-corrected chi connectivity index (χ1v) is 6.56. The lowest BCUT2D eigenvalue weighted by molar-refractivity contribution is 0.0961. The first-order chi connectivity index (χ1) is 6.70. The summed E-state index contributed by atoms with van der Waals surface area (Å²) >= 11 is 0. The Morgan fingerprint density at radius 1 is 1.00 bits per heavy atom. The Hall–Kier alpha value is 0.0700. The zero-order valence-corrected chi connectivity index (χ0v) is 10.5. The fraction of sp³-hybridized carbons (Fsp3) is 1.00. The van der Waals surface area contributed by atoms with E-state index < -0.39 is 7.82 Å². The van der Waals surface area contributed by atoms with Crippen LogP contribution in [0.15, 0.2) is 0 Å². The van der Waals surface area contributed by atoms with Gasteiger partial charge in [-0.25, -0.2) is 4.57 Å². The van der Waals surface area contributed by atoms with E-state index in [9.17, 15) is 4.57 Å². The highest BCUT2D eigenvalue weighted by Crippen LogP contribution is 2.50. The first kappa shape index (κ1) is 15.1. The van der Waals surface area contributed by atoms with Gasteiger partial charge in [-0.05, 0) is 12.8 Å². The van der Waals surface area contributed by atoms with Gasteiger partial charge in [0.2, 0.25) is 0 Å². The molecular weight excluding hydrogens is 217 g/mol. The molecule has 0 atom stereocenters. The Bertz CT molecular complexity index is 196. The van der Waals surface area contributed by atoms with Crippen LogP contribution in [0.3, 0.4) is 0 Å². The molecule has 1 aliphatic carbocycles. The van der Waals surface area contributed by atoms with E-state index in [2.05, 4.69) is 0 Å². The Labute approximate surface area is 91.7 Å². The average Bonchev–Trinajstić information content (AvgIpc) is 2.46. The molecule has 0 radical (unpaired) electrons. The third kappa shape index (κ3) is 5.09. The van der Waals surface area contributed by atoms with E-state index in [1.165, 1.54) is 27.1 Å². The Morgan fingerprint density at radius 3 is 1.87 bits per heavy atom. The van der Waals surface area contributed by atoms with Gasteiger partial charge >= 0.3 is 7.82 Å². The summed E-state index contributed by atoms with van der Waals surface area (Å²) in [6.45, 7) is 0. The summed E-state index contributed by atoms with van der Waals surface area (Å²) in [4.78, 5) is 0. The molecule has 5 nitrogen and oxygen atoms in total. The lowest BCUT2D eigenvalue weighted by Gasteiger charge is -2.20. The maximum absolute atomic E-state index is 11.7. The average molecular weight is 239 g/mol. The fourth-order valence-corrected chi connectivity index (χ4v) is 2.59. The standard InChI is InChI=1S/C9H19O4P.H3N/c1-11-14(10,12-2)13-9-7-5-3-4-6-8-9;/h9H,3-8H2,1-2H3;1H3. The van der Waals surface area contributed by atoms with Crippen LogP contribution in [0.25, 0.3) is 0 Å². The zero-order valence-electron chi connectivity index (χ0n) is 9.61. The summed E-state index contributed by atoms with van der Waals surface area (Å²) in [5, 5.41) is 0. The summed E-state index contributed by atoms with van der Waals surface area (Å²) in [5.74, 6) is 0. The monoisotopic (exact) mass is 239 g/mol. The molecule has 0 bridgehead atoms. The molecule has 0 aromatic rings.